The third kappa shape index (κ3) is 3.99. The minimum absolute atomic E-state index is 0.236. The van der Waals surface area contributed by atoms with Gasteiger partial charge in [0.25, 0.3) is 5.91 Å². The van der Waals surface area contributed by atoms with Crippen LogP contribution in [0.5, 0.6) is 11.5 Å². The van der Waals surface area contributed by atoms with Crippen molar-refractivity contribution < 1.29 is 14.3 Å². The van der Waals surface area contributed by atoms with Crippen LogP contribution in [-0.4, -0.2) is 25.1 Å². The molecule has 5 nitrogen and oxygen atoms in total. The summed E-state index contributed by atoms with van der Waals surface area (Å²) in [5.41, 5.74) is 3.57. The van der Waals surface area contributed by atoms with Crippen LogP contribution in [0.2, 0.25) is 0 Å². The van der Waals surface area contributed by atoms with Crippen LogP contribution in [0.25, 0.3) is 11.3 Å². The first-order chi connectivity index (χ1) is 12.5. The summed E-state index contributed by atoms with van der Waals surface area (Å²) in [5, 5.41) is 5.34. The van der Waals surface area contributed by atoms with Crippen LogP contribution in [0.15, 0.2) is 41.8 Å². The van der Waals surface area contributed by atoms with E-state index in [1.165, 1.54) is 16.9 Å². The number of ether oxygens (including phenoxy) is 2. The summed E-state index contributed by atoms with van der Waals surface area (Å²) < 4.78 is 11.3. The van der Waals surface area contributed by atoms with Gasteiger partial charge in [-0.25, -0.2) is 4.98 Å². The van der Waals surface area contributed by atoms with Gasteiger partial charge in [0.15, 0.2) is 16.6 Å². The monoisotopic (exact) mass is 480 g/mol. The lowest BCUT2D eigenvalue weighted by molar-refractivity contribution is 0.102. The zero-order valence-corrected chi connectivity index (χ0v) is 17.5. The molecular formula is C19H17IN2O3S. The fourth-order valence-electron chi connectivity index (χ4n) is 2.38. The number of nitrogens with zero attached hydrogens (tertiary/aromatic N) is 1. The maximum Gasteiger partial charge on any atom is 0.258 e. The molecule has 7 heteroatoms. The highest BCUT2D eigenvalue weighted by atomic mass is 127. The Bertz CT molecular complexity index is 938. The van der Waals surface area contributed by atoms with Gasteiger partial charge in [-0.3, -0.25) is 10.1 Å². The number of anilines is 1. The summed E-state index contributed by atoms with van der Waals surface area (Å²) in [5.74, 6) is 0.863. The van der Waals surface area contributed by atoms with Crippen molar-refractivity contribution in [3.8, 4) is 22.8 Å². The molecule has 0 atom stereocenters. The van der Waals surface area contributed by atoms with Crippen LogP contribution in [0, 0.1) is 10.5 Å². The zero-order valence-electron chi connectivity index (χ0n) is 14.5. The molecule has 0 spiro atoms. The van der Waals surface area contributed by atoms with Gasteiger partial charge in [0.1, 0.15) is 0 Å². The van der Waals surface area contributed by atoms with E-state index < -0.39 is 0 Å². The van der Waals surface area contributed by atoms with Gasteiger partial charge in [-0.1, -0.05) is 29.8 Å². The zero-order chi connectivity index (χ0) is 18.7. The summed E-state index contributed by atoms with van der Waals surface area (Å²) in [7, 11) is 3.11. The summed E-state index contributed by atoms with van der Waals surface area (Å²) in [6.07, 6.45) is 0. The predicted molar refractivity (Wildman–Crippen MR) is 113 cm³/mol. The van der Waals surface area contributed by atoms with Crippen molar-refractivity contribution in [1.29, 1.82) is 0 Å². The number of halogens is 1. The highest BCUT2D eigenvalue weighted by Crippen LogP contribution is 2.32. The molecule has 3 rings (SSSR count). The normalized spacial score (nSPS) is 10.5. The van der Waals surface area contributed by atoms with Crippen LogP contribution in [-0.2, 0) is 0 Å². The van der Waals surface area contributed by atoms with E-state index in [9.17, 15) is 4.79 Å². The van der Waals surface area contributed by atoms with Crippen molar-refractivity contribution in [2.24, 2.45) is 0 Å². The Balaban J connectivity index is 1.81. The number of carbonyl (C=O) groups is 1. The van der Waals surface area contributed by atoms with Crippen LogP contribution in [0.3, 0.4) is 0 Å². The van der Waals surface area contributed by atoms with Gasteiger partial charge in [-0.05, 0) is 41.6 Å². The molecule has 1 amide bonds. The first-order valence-corrected chi connectivity index (χ1v) is 9.73. The fourth-order valence-corrected chi connectivity index (χ4v) is 3.78. The van der Waals surface area contributed by atoms with Crippen molar-refractivity contribution in [2.45, 2.75) is 6.92 Å². The number of carbonyl (C=O) groups excluding carboxylic acids is 1. The lowest BCUT2D eigenvalue weighted by Crippen LogP contribution is -2.13. The van der Waals surface area contributed by atoms with E-state index in [4.69, 9.17) is 9.47 Å². The molecule has 134 valence electrons. The average Bonchev–Trinajstić information content (AvgIpc) is 3.10. The molecule has 3 aromatic rings. The molecule has 1 aromatic heterocycles. The molecule has 26 heavy (non-hydrogen) atoms. The average molecular weight is 480 g/mol. The number of hydrogen-bond acceptors (Lipinski definition) is 5. The largest absolute Gasteiger partial charge is 0.493 e. The maximum atomic E-state index is 12.6. The number of aryl methyl sites for hydroxylation is 1. The number of rotatable bonds is 5. The lowest BCUT2D eigenvalue weighted by atomic mass is 10.1. The number of thiazole rings is 1. The molecule has 2 aromatic carbocycles. The Hall–Kier alpha value is -2.13. The molecule has 0 unspecified atom stereocenters. The molecule has 0 radical (unpaired) electrons. The van der Waals surface area contributed by atoms with Crippen LogP contribution >= 0.6 is 33.9 Å². The highest BCUT2D eigenvalue weighted by Gasteiger charge is 2.17. The first-order valence-electron chi connectivity index (χ1n) is 7.77. The Morgan fingerprint density at radius 3 is 2.42 bits per heavy atom. The van der Waals surface area contributed by atoms with Gasteiger partial charge in [0.05, 0.1) is 25.5 Å². The molecule has 0 saturated carbocycles. The third-order valence-corrected chi connectivity index (χ3v) is 5.44. The van der Waals surface area contributed by atoms with Gasteiger partial charge in [-0.15, -0.1) is 11.3 Å². The van der Waals surface area contributed by atoms with Gasteiger partial charge in [0.2, 0.25) is 0 Å². The highest BCUT2D eigenvalue weighted by molar-refractivity contribution is 14.1. The number of methoxy groups -OCH3 is 2. The number of nitrogens with one attached hydrogen (secondary N) is 1. The fraction of sp³-hybridized carbons (Fsp3) is 0.158. The van der Waals surface area contributed by atoms with Crippen molar-refractivity contribution >= 4 is 45.0 Å². The smallest absolute Gasteiger partial charge is 0.258 e. The Labute approximate surface area is 169 Å². The second kappa shape index (κ2) is 8.05. The van der Waals surface area contributed by atoms with E-state index >= 15 is 0 Å². The third-order valence-electron chi connectivity index (χ3n) is 3.79. The van der Waals surface area contributed by atoms with E-state index in [1.54, 1.807) is 26.4 Å². The van der Waals surface area contributed by atoms with Crippen molar-refractivity contribution in [1.82, 2.24) is 4.98 Å². The van der Waals surface area contributed by atoms with E-state index in [2.05, 4.69) is 32.9 Å². The van der Waals surface area contributed by atoms with Crippen LogP contribution < -0.4 is 14.8 Å². The SMILES string of the molecule is COc1cc(I)c(C(=O)Nc2nc(-c3ccc(C)cc3)cs2)cc1OC. The molecule has 0 aliphatic rings. The van der Waals surface area contributed by atoms with Crippen molar-refractivity contribution in [3.63, 3.8) is 0 Å². The van der Waals surface area contributed by atoms with Gasteiger partial charge < -0.3 is 9.47 Å². The molecular weight excluding hydrogens is 463 g/mol. The van der Waals surface area contributed by atoms with Crippen LogP contribution in [0.1, 0.15) is 15.9 Å². The Morgan fingerprint density at radius 1 is 1.12 bits per heavy atom. The van der Waals surface area contributed by atoms with E-state index in [0.717, 1.165) is 14.8 Å². The van der Waals surface area contributed by atoms with E-state index in [0.29, 0.717) is 22.2 Å². The first kappa shape index (κ1) is 18.7. The van der Waals surface area contributed by atoms with Gasteiger partial charge in [0, 0.05) is 14.5 Å². The number of benzene rings is 2. The standard InChI is InChI=1S/C19H17IN2O3S/c1-11-4-6-12(7-5-11)15-10-26-19(21-15)22-18(23)13-8-16(24-2)17(25-3)9-14(13)20/h4-10H,1-3H3,(H,21,22,23). The molecule has 0 saturated heterocycles. The van der Waals surface area contributed by atoms with Gasteiger partial charge in [-0.2, -0.15) is 0 Å². The topological polar surface area (TPSA) is 60.5 Å². The van der Waals surface area contributed by atoms with E-state index in [-0.39, 0.29) is 5.91 Å². The summed E-state index contributed by atoms with van der Waals surface area (Å²) in [6, 6.07) is 11.6. The number of amides is 1. The quantitative estimate of drug-likeness (QED) is 0.523. The number of aromatic nitrogens is 1. The second-order valence-corrected chi connectivity index (χ2v) is 7.57. The molecule has 0 aliphatic carbocycles. The summed E-state index contributed by atoms with van der Waals surface area (Å²) in [4.78, 5) is 17.2. The maximum absolute atomic E-state index is 12.6. The molecule has 0 fully saturated rings. The minimum atomic E-state index is -0.236. The molecule has 0 bridgehead atoms. The summed E-state index contributed by atoms with van der Waals surface area (Å²) >= 11 is 3.50. The molecule has 0 aliphatic heterocycles. The van der Waals surface area contributed by atoms with E-state index in [1.807, 2.05) is 36.6 Å². The molecule has 1 N–H and O–H groups in total. The van der Waals surface area contributed by atoms with Gasteiger partial charge >= 0.3 is 0 Å². The number of hydrogen-bond donors (Lipinski definition) is 1. The van der Waals surface area contributed by atoms with Crippen LogP contribution in [0.4, 0.5) is 5.13 Å². The lowest BCUT2D eigenvalue weighted by Gasteiger charge is -2.11. The second-order valence-electron chi connectivity index (χ2n) is 5.55. The van der Waals surface area contributed by atoms with Crippen molar-refractivity contribution in [2.75, 3.05) is 19.5 Å². The summed E-state index contributed by atoms with van der Waals surface area (Å²) in [6.45, 7) is 2.04. The van der Waals surface area contributed by atoms with Crippen molar-refractivity contribution in [3.05, 3.63) is 56.5 Å². The molecule has 1 heterocycles. The minimum Gasteiger partial charge on any atom is -0.493 e. The Morgan fingerprint density at radius 2 is 1.77 bits per heavy atom. The Kier molecular flexibility index (Phi) is 5.77. The predicted octanol–water partition coefficient (Wildman–Crippen LogP) is 4.99.